The summed E-state index contributed by atoms with van der Waals surface area (Å²) in [7, 11) is 2.01. The summed E-state index contributed by atoms with van der Waals surface area (Å²) in [6.07, 6.45) is 2.45. The standard InChI is InChI=1S/C14H19Cl2NO/c1-9-5-11(8-18-9)14(17-2)7-10-3-4-12(15)13(16)6-10/h3-4,6,9,11,14,17H,5,7-8H2,1-2H3. The Labute approximate surface area is 119 Å². The predicted molar refractivity (Wildman–Crippen MR) is 76.5 cm³/mol. The normalized spacial score (nSPS) is 25.3. The molecular weight excluding hydrogens is 269 g/mol. The maximum Gasteiger partial charge on any atom is 0.0595 e. The fourth-order valence-electron chi connectivity index (χ4n) is 2.56. The minimum Gasteiger partial charge on any atom is -0.378 e. The zero-order valence-corrected chi connectivity index (χ0v) is 12.3. The van der Waals surface area contributed by atoms with Gasteiger partial charge in [0.2, 0.25) is 0 Å². The molecule has 0 amide bonds. The van der Waals surface area contributed by atoms with Crippen molar-refractivity contribution in [2.45, 2.75) is 31.9 Å². The lowest BCUT2D eigenvalue weighted by atomic mass is 9.92. The van der Waals surface area contributed by atoms with Crippen LogP contribution in [-0.4, -0.2) is 25.8 Å². The van der Waals surface area contributed by atoms with Gasteiger partial charge in [-0.05, 0) is 44.5 Å². The molecule has 0 bridgehead atoms. The Morgan fingerprint density at radius 2 is 2.17 bits per heavy atom. The van der Waals surface area contributed by atoms with Gasteiger partial charge in [0.1, 0.15) is 0 Å². The number of rotatable bonds is 4. The molecule has 0 saturated carbocycles. The van der Waals surface area contributed by atoms with E-state index in [4.69, 9.17) is 27.9 Å². The summed E-state index contributed by atoms with van der Waals surface area (Å²) in [5, 5.41) is 4.63. The Balaban J connectivity index is 2.03. The fraction of sp³-hybridized carbons (Fsp3) is 0.571. The van der Waals surface area contributed by atoms with E-state index in [2.05, 4.69) is 12.2 Å². The Morgan fingerprint density at radius 3 is 2.72 bits per heavy atom. The van der Waals surface area contributed by atoms with E-state index < -0.39 is 0 Å². The summed E-state index contributed by atoms with van der Waals surface area (Å²) in [5.41, 5.74) is 1.21. The van der Waals surface area contributed by atoms with Crippen molar-refractivity contribution in [1.29, 1.82) is 0 Å². The van der Waals surface area contributed by atoms with Gasteiger partial charge in [-0.3, -0.25) is 0 Å². The van der Waals surface area contributed by atoms with Gasteiger partial charge in [0, 0.05) is 12.0 Å². The van der Waals surface area contributed by atoms with Gasteiger partial charge in [-0.2, -0.15) is 0 Å². The van der Waals surface area contributed by atoms with Crippen molar-refractivity contribution in [3.05, 3.63) is 33.8 Å². The van der Waals surface area contributed by atoms with Crippen LogP contribution in [0.3, 0.4) is 0 Å². The van der Waals surface area contributed by atoms with Crippen LogP contribution in [-0.2, 0) is 11.2 Å². The zero-order chi connectivity index (χ0) is 13.1. The summed E-state index contributed by atoms with van der Waals surface area (Å²) in [6, 6.07) is 6.28. The smallest absolute Gasteiger partial charge is 0.0595 e. The van der Waals surface area contributed by atoms with E-state index in [1.165, 1.54) is 5.56 Å². The minimum absolute atomic E-state index is 0.375. The van der Waals surface area contributed by atoms with Crippen LogP contribution < -0.4 is 5.32 Å². The molecular formula is C14H19Cl2NO. The Kier molecular flexibility index (Phi) is 4.91. The van der Waals surface area contributed by atoms with Gasteiger partial charge in [0.05, 0.1) is 22.8 Å². The lowest BCUT2D eigenvalue weighted by Gasteiger charge is -2.22. The largest absolute Gasteiger partial charge is 0.378 e. The Bertz CT molecular complexity index is 411. The number of halogens is 2. The van der Waals surface area contributed by atoms with Crippen LogP contribution in [0.5, 0.6) is 0 Å². The highest BCUT2D eigenvalue weighted by atomic mass is 35.5. The van der Waals surface area contributed by atoms with Crippen LogP contribution >= 0.6 is 23.2 Å². The second-order valence-electron chi connectivity index (χ2n) is 4.99. The summed E-state index contributed by atoms with van der Waals surface area (Å²) < 4.78 is 5.64. The molecule has 2 rings (SSSR count). The molecule has 1 N–H and O–H groups in total. The van der Waals surface area contributed by atoms with Gasteiger partial charge in [-0.25, -0.2) is 0 Å². The average molecular weight is 288 g/mol. The van der Waals surface area contributed by atoms with E-state index >= 15 is 0 Å². The summed E-state index contributed by atoms with van der Waals surface area (Å²) in [4.78, 5) is 0. The number of benzene rings is 1. The van der Waals surface area contributed by atoms with Crippen molar-refractivity contribution in [2.24, 2.45) is 5.92 Å². The van der Waals surface area contributed by atoms with Crippen LogP contribution in [0.1, 0.15) is 18.9 Å². The van der Waals surface area contributed by atoms with E-state index in [0.29, 0.717) is 28.1 Å². The number of nitrogens with one attached hydrogen (secondary N) is 1. The molecule has 0 radical (unpaired) electrons. The van der Waals surface area contributed by atoms with Crippen molar-refractivity contribution in [2.75, 3.05) is 13.7 Å². The molecule has 0 aliphatic carbocycles. The van der Waals surface area contributed by atoms with Gasteiger partial charge in [-0.15, -0.1) is 0 Å². The highest BCUT2D eigenvalue weighted by molar-refractivity contribution is 6.42. The van der Waals surface area contributed by atoms with E-state index in [9.17, 15) is 0 Å². The van der Waals surface area contributed by atoms with Crippen LogP contribution in [0.2, 0.25) is 10.0 Å². The molecule has 1 heterocycles. The molecule has 18 heavy (non-hydrogen) atoms. The van der Waals surface area contributed by atoms with Crippen molar-refractivity contribution < 1.29 is 4.74 Å². The SMILES string of the molecule is CNC(Cc1ccc(Cl)c(Cl)c1)C1COC(C)C1. The summed E-state index contributed by atoms with van der Waals surface area (Å²) in [5.74, 6) is 0.569. The molecule has 2 nitrogen and oxygen atoms in total. The first kappa shape index (κ1) is 14.1. The first-order valence-electron chi connectivity index (χ1n) is 6.33. The van der Waals surface area contributed by atoms with Gasteiger partial charge >= 0.3 is 0 Å². The molecule has 100 valence electrons. The number of hydrogen-bond acceptors (Lipinski definition) is 2. The van der Waals surface area contributed by atoms with Crippen molar-refractivity contribution in [3.63, 3.8) is 0 Å². The maximum absolute atomic E-state index is 6.05. The Hall–Kier alpha value is -0.280. The van der Waals surface area contributed by atoms with E-state index in [0.717, 1.165) is 19.4 Å². The minimum atomic E-state index is 0.375. The monoisotopic (exact) mass is 287 g/mol. The Morgan fingerprint density at radius 1 is 1.39 bits per heavy atom. The third-order valence-corrected chi connectivity index (χ3v) is 4.35. The lowest BCUT2D eigenvalue weighted by molar-refractivity contribution is 0.117. The van der Waals surface area contributed by atoms with Crippen molar-refractivity contribution >= 4 is 23.2 Å². The van der Waals surface area contributed by atoms with E-state index in [1.807, 2.05) is 25.2 Å². The van der Waals surface area contributed by atoms with Crippen molar-refractivity contribution in [3.8, 4) is 0 Å². The molecule has 3 atom stereocenters. The highest BCUT2D eigenvalue weighted by Gasteiger charge is 2.28. The summed E-state index contributed by atoms with van der Waals surface area (Å²) >= 11 is 12.0. The van der Waals surface area contributed by atoms with Crippen LogP contribution in [0, 0.1) is 5.92 Å². The van der Waals surface area contributed by atoms with Gasteiger partial charge in [0.25, 0.3) is 0 Å². The number of ether oxygens (including phenoxy) is 1. The number of likely N-dealkylation sites (N-methyl/N-ethyl adjacent to an activating group) is 1. The number of hydrogen-bond donors (Lipinski definition) is 1. The second kappa shape index (κ2) is 6.25. The van der Waals surface area contributed by atoms with Gasteiger partial charge < -0.3 is 10.1 Å². The quantitative estimate of drug-likeness (QED) is 0.915. The average Bonchev–Trinajstić information content (AvgIpc) is 2.77. The third-order valence-electron chi connectivity index (χ3n) is 3.61. The van der Waals surface area contributed by atoms with E-state index in [1.54, 1.807) is 0 Å². The fourth-order valence-corrected chi connectivity index (χ4v) is 2.88. The maximum atomic E-state index is 6.05. The van der Waals surface area contributed by atoms with Gasteiger partial charge in [0.15, 0.2) is 0 Å². The highest BCUT2D eigenvalue weighted by Crippen LogP contribution is 2.27. The van der Waals surface area contributed by atoms with E-state index in [-0.39, 0.29) is 0 Å². The molecule has 1 aliphatic heterocycles. The van der Waals surface area contributed by atoms with Crippen LogP contribution in [0.4, 0.5) is 0 Å². The third kappa shape index (κ3) is 3.39. The topological polar surface area (TPSA) is 21.3 Å². The zero-order valence-electron chi connectivity index (χ0n) is 10.7. The summed E-state index contributed by atoms with van der Waals surface area (Å²) in [6.45, 7) is 2.97. The molecule has 1 fully saturated rings. The predicted octanol–water partition coefficient (Wildman–Crippen LogP) is 3.55. The van der Waals surface area contributed by atoms with Crippen LogP contribution in [0.25, 0.3) is 0 Å². The molecule has 1 aliphatic rings. The second-order valence-corrected chi connectivity index (χ2v) is 5.80. The molecule has 4 heteroatoms. The van der Waals surface area contributed by atoms with Gasteiger partial charge in [-0.1, -0.05) is 29.3 Å². The van der Waals surface area contributed by atoms with Crippen LogP contribution in [0.15, 0.2) is 18.2 Å². The van der Waals surface area contributed by atoms with Crippen molar-refractivity contribution in [1.82, 2.24) is 5.32 Å². The first-order chi connectivity index (χ1) is 8.60. The molecule has 1 saturated heterocycles. The molecule has 0 spiro atoms. The first-order valence-corrected chi connectivity index (χ1v) is 7.08. The molecule has 0 aromatic heterocycles. The molecule has 1 aromatic rings. The molecule has 3 unspecified atom stereocenters. The lowest BCUT2D eigenvalue weighted by Crippen LogP contribution is -2.36. The molecule has 1 aromatic carbocycles.